The van der Waals surface area contributed by atoms with Crippen molar-refractivity contribution in [1.82, 2.24) is 14.9 Å². The molecular weight excluding hydrogens is 298 g/mol. The van der Waals surface area contributed by atoms with Crippen molar-refractivity contribution >= 4 is 17.2 Å². The van der Waals surface area contributed by atoms with E-state index in [4.69, 9.17) is 4.74 Å². The van der Waals surface area contributed by atoms with Gasteiger partial charge in [-0.15, -0.1) is 11.3 Å². The Morgan fingerprint density at radius 1 is 1.45 bits per heavy atom. The molecule has 3 heterocycles. The standard InChI is InChI=1S/C16H19N3O2S/c1-12-2-3-14(18-7-12)6-13-9-19(4-5-21-10-13)16(20)15-8-17-11-22-15/h2-3,7-8,11,13H,4-6,9-10H2,1H3/t13-/m0/s1. The van der Waals surface area contributed by atoms with Crippen LogP contribution in [-0.2, 0) is 11.2 Å². The van der Waals surface area contributed by atoms with Crippen molar-refractivity contribution in [3.63, 3.8) is 0 Å². The van der Waals surface area contributed by atoms with E-state index in [1.54, 1.807) is 11.7 Å². The molecule has 2 aromatic heterocycles. The molecule has 0 radical (unpaired) electrons. The van der Waals surface area contributed by atoms with Gasteiger partial charge in [0.1, 0.15) is 4.88 Å². The minimum Gasteiger partial charge on any atom is -0.379 e. The highest BCUT2D eigenvalue weighted by Gasteiger charge is 2.24. The first-order valence-corrected chi connectivity index (χ1v) is 8.27. The van der Waals surface area contributed by atoms with E-state index < -0.39 is 0 Å². The number of aryl methyl sites for hydroxylation is 1. The number of aromatic nitrogens is 2. The average molecular weight is 317 g/mol. The van der Waals surface area contributed by atoms with Crippen molar-refractivity contribution < 1.29 is 9.53 Å². The minimum atomic E-state index is 0.0508. The van der Waals surface area contributed by atoms with Crippen molar-refractivity contribution in [1.29, 1.82) is 0 Å². The molecule has 1 aliphatic heterocycles. The molecule has 0 aromatic carbocycles. The van der Waals surface area contributed by atoms with Gasteiger partial charge in [0.25, 0.3) is 5.91 Å². The molecule has 1 fully saturated rings. The molecule has 0 N–H and O–H groups in total. The molecule has 22 heavy (non-hydrogen) atoms. The highest BCUT2D eigenvalue weighted by atomic mass is 32.1. The van der Waals surface area contributed by atoms with E-state index in [-0.39, 0.29) is 11.8 Å². The molecule has 3 rings (SSSR count). The van der Waals surface area contributed by atoms with Crippen LogP contribution in [0, 0.1) is 12.8 Å². The van der Waals surface area contributed by atoms with Crippen molar-refractivity contribution in [2.75, 3.05) is 26.3 Å². The van der Waals surface area contributed by atoms with Gasteiger partial charge in [0.2, 0.25) is 0 Å². The Bertz CT molecular complexity index is 613. The second-order valence-electron chi connectivity index (χ2n) is 5.59. The van der Waals surface area contributed by atoms with Crippen LogP contribution in [0.3, 0.4) is 0 Å². The smallest absolute Gasteiger partial charge is 0.265 e. The van der Waals surface area contributed by atoms with Gasteiger partial charge in [0.15, 0.2) is 0 Å². The summed E-state index contributed by atoms with van der Waals surface area (Å²) < 4.78 is 5.67. The molecule has 0 saturated carbocycles. The van der Waals surface area contributed by atoms with Gasteiger partial charge in [-0.2, -0.15) is 0 Å². The van der Waals surface area contributed by atoms with Crippen LogP contribution in [0.4, 0.5) is 0 Å². The number of rotatable bonds is 3. The number of hydrogen-bond donors (Lipinski definition) is 0. The molecule has 1 aliphatic rings. The van der Waals surface area contributed by atoms with Crippen molar-refractivity contribution in [2.45, 2.75) is 13.3 Å². The van der Waals surface area contributed by atoms with Crippen LogP contribution in [0.2, 0.25) is 0 Å². The summed E-state index contributed by atoms with van der Waals surface area (Å²) in [6.07, 6.45) is 4.34. The minimum absolute atomic E-state index is 0.0508. The third-order valence-corrected chi connectivity index (χ3v) is 4.50. The highest BCUT2D eigenvalue weighted by molar-refractivity contribution is 7.11. The lowest BCUT2D eigenvalue weighted by atomic mass is 10.0. The Morgan fingerprint density at radius 3 is 3.09 bits per heavy atom. The molecule has 5 nitrogen and oxygen atoms in total. The van der Waals surface area contributed by atoms with Gasteiger partial charge in [0.05, 0.1) is 24.9 Å². The summed E-state index contributed by atoms with van der Waals surface area (Å²) in [7, 11) is 0. The maximum Gasteiger partial charge on any atom is 0.265 e. The van der Waals surface area contributed by atoms with E-state index in [0.717, 1.165) is 17.7 Å². The summed E-state index contributed by atoms with van der Waals surface area (Å²) in [5, 5.41) is 0. The van der Waals surface area contributed by atoms with E-state index in [2.05, 4.69) is 22.1 Å². The van der Waals surface area contributed by atoms with Gasteiger partial charge in [0, 0.05) is 30.9 Å². The molecule has 0 spiro atoms. The maximum absolute atomic E-state index is 12.5. The number of thiazole rings is 1. The van der Waals surface area contributed by atoms with Gasteiger partial charge >= 0.3 is 0 Å². The van der Waals surface area contributed by atoms with Crippen LogP contribution in [-0.4, -0.2) is 47.1 Å². The summed E-state index contributed by atoms with van der Waals surface area (Å²) in [6.45, 7) is 4.62. The average Bonchev–Trinajstić information content (AvgIpc) is 2.96. The largest absolute Gasteiger partial charge is 0.379 e. The SMILES string of the molecule is Cc1ccc(C[C@@H]2COCCN(C(=O)c3cncs3)C2)nc1. The van der Waals surface area contributed by atoms with E-state index in [9.17, 15) is 4.79 Å². The zero-order valence-electron chi connectivity index (χ0n) is 12.6. The first kappa shape index (κ1) is 15.1. The number of ether oxygens (including phenoxy) is 1. The van der Waals surface area contributed by atoms with Crippen LogP contribution in [0.15, 0.2) is 30.0 Å². The summed E-state index contributed by atoms with van der Waals surface area (Å²) in [5.74, 6) is 0.324. The number of hydrogen-bond acceptors (Lipinski definition) is 5. The molecule has 0 unspecified atom stereocenters. The van der Waals surface area contributed by atoms with Gasteiger partial charge < -0.3 is 9.64 Å². The quantitative estimate of drug-likeness (QED) is 0.871. The Kier molecular flexibility index (Phi) is 4.80. The number of carbonyl (C=O) groups excluding carboxylic acids is 1. The Morgan fingerprint density at radius 2 is 2.36 bits per heavy atom. The van der Waals surface area contributed by atoms with Crippen molar-refractivity contribution in [3.8, 4) is 0 Å². The van der Waals surface area contributed by atoms with Crippen LogP contribution in [0.25, 0.3) is 0 Å². The van der Waals surface area contributed by atoms with Crippen LogP contribution >= 0.6 is 11.3 Å². The van der Waals surface area contributed by atoms with Crippen molar-refractivity contribution in [3.05, 3.63) is 46.2 Å². The molecule has 6 heteroatoms. The predicted molar refractivity (Wildman–Crippen MR) is 85.0 cm³/mol. The summed E-state index contributed by atoms with van der Waals surface area (Å²) in [6, 6.07) is 4.12. The molecule has 0 aliphatic carbocycles. The molecular formula is C16H19N3O2S. The maximum atomic E-state index is 12.5. The predicted octanol–water partition coefficient (Wildman–Crippen LogP) is 2.18. The molecule has 116 valence electrons. The monoisotopic (exact) mass is 317 g/mol. The molecule has 2 aromatic rings. The third-order valence-electron chi connectivity index (χ3n) is 3.74. The molecule has 1 saturated heterocycles. The number of pyridine rings is 1. The summed E-state index contributed by atoms with van der Waals surface area (Å²) >= 11 is 1.38. The zero-order valence-corrected chi connectivity index (χ0v) is 13.4. The zero-order chi connectivity index (χ0) is 15.4. The topological polar surface area (TPSA) is 55.3 Å². The fourth-order valence-electron chi connectivity index (χ4n) is 2.58. The lowest BCUT2D eigenvalue weighted by Gasteiger charge is -2.22. The van der Waals surface area contributed by atoms with E-state index >= 15 is 0 Å². The third kappa shape index (κ3) is 3.69. The number of amides is 1. The fourth-order valence-corrected chi connectivity index (χ4v) is 3.17. The number of nitrogens with zero attached hydrogens (tertiary/aromatic N) is 3. The molecule has 0 bridgehead atoms. The molecule has 1 atom stereocenters. The fraction of sp³-hybridized carbons (Fsp3) is 0.438. The Hall–Kier alpha value is -1.79. The van der Waals surface area contributed by atoms with Gasteiger partial charge in [-0.25, -0.2) is 0 Å². The second-order valence-corrected chi connectivity index (χ2v) is 6.48. The first-order chi connectivity index (χ1) is 10.7. The van der Waals surface area contributed by atoms with E-state index in [1.807, 2.05) is 18.0 Å². The summed E-state index contributed by atoms with van der Waals surface area (Å²) in [4.78, 5) is 23.5. The number of carbonyl (C=O) groups is 1. The summed E-state index contributed by atoms with van der Waals surface area (Å²) in [5.41, 5.74) is 3.89. The van der Waals surface area contributed by atoms with E-state index in [0.29, 0.717) is 31.2 Å². The normalized spacial score (nSPS) is 19.0. The van der Waals surface area contributed by atoms with Gasteiger partial charge in [-0.05, 0) is 25.0 Å². The Labute approximate surface area is 134 Å². The lowest BCUT2D eigenvalue weighted by Crippen LogP contribution is -2.36. The first-order valence-electron chi connectivity index (χ1n) is 7.39. The Balaban J connectivity index is 1.67. The second kappa shape index (κ2) is 6.98. The van der Waals surface area contributed by atoms with Crippen LogP contribution in [0.1, 0.15) is 20.9 Å². The van der Waals surface area contributed by atoms with E-state index in [1.165, 1.54) is 11.3 Å². The van der Waals surface area contributed by atoms with Crippen LogP contribution < -0.4 is 0 Å². The molecule has 1 amide bonds. The van der Waals surface area contributed by atoms with Crippen molar-refractivity contribution in [2.24, 2.45) is 5.92 Å². The van der Waals surface area contributed by atoms with Gasteiger partial charge in [-0.3, -0.25) is 14.8 Å². The van der Waals surface area contributed by atoms with Gasteiger partial charge in [-0.1, -0.05) is 6.07 Å². The highest BCUT2D eigenvalue weighted by Crippen LogP contribution is 2.16. The lowest BCUT2D eigenvalue weighted by molar-refractivity contribution is 0.0742. The van der Waals surface area contributed by atoms with Crippen LogP contribution in [0.5, 0.6) is 0 Å².